The van der Waals surface area contributed by atoms with Crippen molar-refractivity contribution < 1.29 is 14.0 Å². The van der Waals surface area contributed by atoms with Gasteiger partial charge in [-0.3, -0.25) is 4.79 Å². The zero-order chi connectivity index (χ0) is 22.0. The molecule has 1 aliphatic rings. The Hall–Kier alpha value is -3.66. The van der Waals surface area contributed by atoms with Crippen molar-refractivity contribution in [1.29, 1.82) is 0 Å². The van der Waals surface area contributed by atoms with Crippen LogP contribution in [0.15, 0.2) is 101 Å². The van der Waals surface area contributed by atoms with Crippen molar-refractivity contribution in [1.82, 2.24) is 0 Å². The molecule has 1 fully saturated rings. The molecule has 0 atom stereocenters. The van der Waals surface area contributed by atoms with Crippen LogP contribution in [-0.4, -0.2) is 18.1 Å². The molecule has 0 bridgehead atoms. The third-order valence-corrected chi connectivity index (χ3v) is 6.38. The maximum Gasteiger partial charge on any atom is 0.203 e. The van der Waals surface area contributed by atoms with Crippen LogP contribution in [0.1, 0.15) is 41.4 Å². The molecule has 0 aliphatic heterocycles. The van der Waals surface area contributed by atoms with E-state index in [0.29, 0.717) is 11.3 Å². The van der Waals surface area contributed by atoms with Crippen LogP contribution in [0.3, 0.4) is 0 Å². The number of carbonyl (C=O) groups is 1. The van der Waals surface area contributed by atoms with E-state index in [1.165, 1.54) is 5.56 Å². The summed E-state index contributed by atoms with van der Waals surface area (Å²) in [7, 11) is 0. The molecule has 4 heteroatoms. The molecule has 160 valence electrons. The van der Waals surface area contributed by atoms with Crippen LogP contribution in [0.2, 0.25) is 0 Å². The third kappa shape index (κ3) is 3.96. The van der Waals surface area contributed by atoms with Crippen molar-refractivity contribution in [3.05, 3.63) is 108 Å². The molecular weight excluding hydrogens is 398 g/mol. The topological polar surface area (TPSA) is 51.8 Å². The van der Waals surface area contributed by atoms with Gasteiger partial charge in [0.1, 0.15) is 11.3 Å². The molecule has 4 nitrogen and oxygen atoms in total. The Morgan fingerprint density at radius 3 is 2.34 bits per heavy atom. The van der Waals surface area contributed by atoms with E-state index in [9.17, 15) is 4.79 Å². The normalized spacial score (nSPS) is 20.7. The predicted octanol–water partition coefficient (Wildman–Crippen LogP) is 6.40. The summed E-state index contributed by atoms with van der Waals surface area (Å²) in [5, 5.41) is 5.47. The van der Waals surface area contributed by atoms with Crippen LogP contribution in [0.5, 0.6) is 0 Å². The van der Waals surface area contributed by atoms with Gasteiger partial charge in [-0.05, 0) is 36.0 Å². The molecule has 1 heterocycles. The summed E-state index contributed by atoms with van der Waals surface area (Å²) in [6.45, 7) is 2.19. The molecule has 32 heavy (non-hydrogen) atoms. The number of carbonyl (C=O) groups excluding carboxylic acids is 1. The lowest BCUT2D eigenvalue weighted by Crippen LogP contribution is -2.42. The molecule has 0 amide bonds. The van der Waals surface area contributed by atoms with Crippen LogP contribution in [0, 0.1) is 5.92 Å². The zero-order valence-electron chi connectivity index (χ0n) is 18.0. The Kier molecular flexibility index (Phi) is 5.36. The van der Waals surface area contributed by atoms with Crippen molar-refractivity contribution in [3.63, 3.8) is 0 Å². The number of ketones is 1. The molecule has 1 aliphatic carbocycles. The summed E-state index contributed by atoms with van der Waals surface area (Å²) in [4.78, 5) is 18.0. The highest BCUT2D eigenvalue weighted by Gasteiger charge is 2.45. The van der Waals surface area contributed by atoms with Gasteiger partial charge in [-0.1, -0.05) is 90.9 Å². The SMILES string of the molecule is CC1(c2ccccc2)CC(/C(=N/OCC(=O)c2ccccc2)c2cc3ccccc3o2)C1. The number of rotatable bonds is 7. The van der Waals surface area contributed by atoms with Gasteiger partial charge < -0.3 is 9.25 Å². The van der Waals surface area contributed by atoms with Gasteiger partial charge >= 0.3 is 0 Å². The minimum atomic E-state index is -0.101. The number of Topliss-reactive ketones (excluding diaryl/α,β-unsaturated/α-hetero) is 1. The maximum absolute atomic E-state index is 12.4. The number of oxime groups is 1. The molecule has 1 aromatic heterocycles. The van der Waals surface area contributed by atoms with Crippen LogP contribution in [-0.2, 0) is 10.3 Å². The second kappa shape index (κ2) is 8.46. The molecule has 0 radical (unpaired) electrons. The maximum atomic E-state index is 12.4. The van der Waals surface area contributed by atoms with Crippen molar-refractivity contribution in [3.8, 4) is 0 Å². The van der Waals surface area contributed by atoms with Crippen molar-refractivity contribution >= 4 is 22.5 Å². The number of fused-ring (bicyclic) bond motifs is 1. The van der Waals surface area contributed by atoms with E-state index in [0.717, 1.165) is 29.5 Å². The second-order valence-electron chi connectivity index (χ2n) is 8.72. The van der Waals surface area contributed by atoms with Gasteiger partial charge in [0.2, 0.25) is 5.78 Å². The summed E-state index contributed by atoms with van der Waals surface area (Å²) < 4.78 is 6.11. The highest BCUT2D eigenvalue weighted by Crippen LogP contribution is 2.49. The molecule has 0 unspecified atom stereocenters. The van der Waals surface area contributed by atoms with E-state index in [1.807, 2.05) is 54.6 Å². The lowest BCUT2D eigenvalue weighted by atomic mass is 9.58. The molecule has 0 N–H and O–H groups in total. The number of furan rings is 1. The van der Waals surface area contributed by atoms with Gasteiger partial charge in [-0.2, -0.15) is 0 Å². The fourth-order valence-corrected chi connectivity index (χ4v) is 4.59. The first-order valence-corrected chi connectivity index (χ1v) is 10.9. The summed E-state index contributed by atoms with van der Waals surface area (Å²) in [5.74, 6) is 0.812. The summed E-state index contributed by atoms with van der Waals surface area (Å²) in [6, 6.07) is 29.6. The number of nitrogens with zero attached hydrogens (tertiary/aromatic N) is 1. The van der Waals surface area contributed by atoms with Gasteiger partial charge in [-0.25, -0.2) is 0 Å². The van der Waals surface area contributed by atoms with E-state index >= 15 is 0 Å². The van der Waals surface area contributed by atoms with Crippen LogP contribution in [0.25, 0.3) is 11.0 Å². The Morgan fingerprint density at radius 2 is 1.62 bits per heavy atom. The molecule has 4 aromatic rings. The van der Waals surface area contributed by atoms with Crippen molar-refractivity contribution in [2.75, 3.05) is 6.61 Å². The fraction of sp³-hybridized carbons (Fsp3) is 0.214. The molecule has 3 aromatic carbocycles. The molecule has 0 saturated heterocycles. The monoisotopic (exact) mass is 423 g/mol. The first-order valence-electron chi connectivity index (χ1n) is 10.9. The number of hydrogen-bond acceptors (Lipinski definition) is 4. The van der Waals surface area contributed by atoms with Crippen molar-refractivity contribution in [2.24, 2.45) is 11.1 Å². The van der Waals surface area contributed by atoms with E-state index in [1.54, 1.807) is 12.1 Å². The number of hydrogen-bond donors (Lipinski definition) is 0. The summed E-state index contributed by atoms with van der Waals surface area (Å²) in [6.07, 6.45) is 1.89. The van der Waals surface area contributed by atoms with Gasteiger partial charge in [0.05, 0.1) is 0 Å². The minimum absolute atomic E-state index is 0.0958. The van der Waals surface area contributed by atoms with Crippen LogP contribution < -0.4 is 0 Å². The van der Waals surface area contributed by atoms with Gasteiger partial charge in [-0.15, -0.1) is 0 Å². The van der Waals surface area contributed by atoms with E-state index in [4.69, 9.17) is 9.25 Å². The zero-order valence-corrected chi connectivity index (χ0v) is 18.0. The fourth-order valence-electron chi connectivity index (χ4n) is 4.59. The Balaban J connectivity index is 1.38. The van der Waals surface area contributed by atoms with Gasteiger partial charge in [0, 0.05) is 16.9 Å². The minimum Gasteiger partial charge on any atom is -0.455 e. The highest BCUT2D eigenvalue weighted by atomic mass is 16.6. The van der Waals surface area contributed by atoms with E-state index in [2.05, 4.69) is 36.3 Å². The number of para-hydroxylation sites is 1. The second-order valence-corrected chi connectivity index (χ2v) is 8.72. The largest absolute Gasteiger partial charge is 0.455 e. The quantitative estimate of drug-likeness (QED) is 0.196. The van der Waals surface area contributed by atoms with Crippen LogP contribution >= 0.6 is 0 Å². The van der Waals surface area contributed by atoms with Gasteiger partial charge in [0.25, 0.3) is 0 Å². The summed E-state index contributed by atoms with van der Waals surface area (Å²) in [5.41, 5.74) is 3.64. The van der Waals surface area contributed by atoms with Crippen LogP contribution in [0.4, 0.5) is 0 Å². The van der Waals surface area contributed by atoms with Gasteiger partial charge in [0.15, 0.2) is 12.4 Å². The molecule has 1 saturated carbocycles. The molecule has 0 spiro atoms. The van der Waals surface area contributed by atoms with E-state index < -0.39 is 0 Å². The molecule has 5 rings (SSSR count). The van der Waals surface area contributed by atoms with E-state index in [-0.39, 0.29) is 23.7 Å². The van der Waals surface area contributed by atoms with Crippen molar-refractivity contribution in [2.45, 2.75) is 25.2 Å². The highest BCUT2D eigenvalue weighted by molar-refractivity contribution is 6.03. The number of benzene rings is 3. The molecular formula is C28H25NO3. The average molecular weight is 424 g/mol. The Labute approximate surface area is 187 Å². The third-order valence-electron chi connectivity index (χ3n) is 6.38. The average Bonchev–Trinajstić information content (AvgIpc) is 3.25. The predicted molar refractivity (Wildman–Crippen MR) is 126 cm³/mol. The Bertz CT molecular complexity index is 1220. The lowest BCUT2D eigenvalue weighted by Gasteiger charge is -2.45. The Morgan fingerprint density at radius 1 is 0.969 bits per heavy atom. The first-order chi connectivity index (χ1) is 15.6. The standard InChI is InChI=1S/C28H25NO3/c1-28(23-13-6-3-7-14-23)17-22(18-28)27(26-16-21-12-8-9-15-25(21)32-26)29-31-19-24(30)20-10-4-2-5-11-20/h2-16,22H,17-19H2,1H3/b29-27-. The summed E-state index contributed by atoms with van der Waals surface area (Å²) >= 11 is 0. The lowest BCUT2D eigenvalue weighted by molar-refractivity contribution is 0.0766. The smallest absolute Gasteiger partial charge is 0.203 e. The first kappa shape index (κ1) is 20.3.